The third-order valence-corrected chi connectivity index (χ3v) is 5.36. The van der Waals surface area contributed by atoms with Crippen LogP contribution in [-0.2, 0) is 16.0 Å². The Balaban J connectivity index is 1.44. The van der Waals surface area contributed by atoms with Crippen molar-refractivity contribution in [1.29, 1.82) is 0 Å². The largest absolute Gasteiger partial charge is 0.379 e. The number of ether oxygens (including phenoxy) is 1. The highest BCUT2D eigenvalue weighted by Crippen LogP contribution is 2.23. The van der Waals surface area contributed by atoms with Crippen molar-refractivity contribution in [2.75, 3.05) is 32.8 Å². The van der Waals surface area contributed by atoms with Gasteiger partial charge in [-0.15, -0.1) is 0 Å². The molecule has 0 saturated carbocycles. The molecule has 3 heterocycles. The van der Waals surface area contributed by atoms with Gasteiger partial charge in [-0.3, -0.25) is 14.7 Å². The van der Waals surface area contributed by atoms with Crippen LogP contribution in [0.4, 0.5) is 0 Å². The molecule has 4 rings (SSSR count). The van der Waals surface area contributed by atoms with E-state index in [0.29, 0.717) is 31.2 Å². The number of aromatic amines is 1. The minimum Gasteiger partial charge on any atom is -0.379 e. The Morgan fingerprint density at radius 3 is 2.96 bits per heavy atom. The summed E-state index contributed by atoms with van der Waals surface area (Å²) in [6.45, 7) is 3.64. The summed E-state index contributed by atoms with van der Waals surface area (Å²) < 4.78 is 5.47. The molecule has 0 aliphatic carbocycles. The number of nitrogens with one attached hydrogen (secondary N) is 2. The van der Waals surface area contributed by atoms with Gasteiger partial charge in [0.2, 0.25) is 5.91 Å². The number of pyridine rings is 1. The Labute approximate surface area is 168 Å². The maximum atomic E-state index is 12.6. The monoisotopic (exact) mass is 398 g/mol. The zero-order valence-corrected chi connectivity index (χ0v) is 16.3. The minimum atomic E-state index is -0.0111. The summed E-state index contributed by atoms with van der Waals surface area (Å²) in [4.78, 5) is 22.4. The fraction of sp³-hybridized carbons (Fsp3) is 0.333. The van der Waals surface area contributed by atoms with Crippen LogP contribution in [0.15, 0.2) is 48.9 Å². The van der Waals surface area contributed by atoms with E-state index in [9.17, 15) is 4.79 Å². The summed E-state index contributed by atoms with van der Waals surface area (Å²) in [6.07, 6.45) is 5.82. The third-order valence-electron chi connectivity index (χ3n) is 5.13. The third kappa shape index (κ3) is 4.35. The number of benzene rings is 1. The van der Waals surface area contributed by atoms with Crippen molar-refractivity contribution < 1.29 is 9.53 Å². The summed E-state index contributed by atoms with van der Waals surface area (Å²) in [5.41, 5.74) is 3.02. The van der Waals surface area contributed by atoms with Gasteiger partial charge in [0.1, 0.15) is 0 Å². The van der Waals surface area contributed by atoms with E-state index >= 15 is 0 Å². The number of fused-ring (bicyclic) bond motifs is 1. The van der Waals surface area contributed by atoms with E-state index in [0.717, 1.165) is 35.1 Å². The van der Waals surface area contributed by atoms with Crippen LogP contribution < -0.4 is 5.32 Å². The van der Waals surface area contributed by atoms with E-state index in [1.165, 1.54) is 0 Å². The van der Waals surface area contributed by atoms with E-state index < -0.39 is 0 Å². The molecule has 146 valence electrons. The van der Waals surface area contributed by atoms with Crippen molar-refractivity contribution in [3.63, 3.8) is 0 Å². The fourth-order valence-corrected chi connectivity index (χ4v) is 3.83. The smallest absolute Gasteiger partial charge is 0.224 e. The van der Waals surface area contributed by atoms with Crippen molar-refractivity contribution in [3.8, 4) is 0 Å². The summed E-state index contributed by atoms with van der Waals surface area (Å²) in [5, 5.41) is 4.75. The molecule has 7 heteroatoms. The molecule has 1 aromatic carbocycles. The lowest BCUT2D eigenvalue weighted by Crippen LogP contribution is -2.44. The molecule has 1 saturated heterocycles. The molecule has 0 radical (unpaired) electrons. The van der Waals surface area contributed by atoms with Crippen LogP contribution in [0.5, 0.6) is 0 Å². The lowest BCUT2D eigenvalue weighted by molar-refractivity contribution is -0.120. The average Bonchev–Trinajstić information content (AvgIpc) is 3.11. The maximum Gasteiger partial charge on any atom is 0.224 e. The maximum absolute atomic E-state index is 12.6. The number of amides is 1. The predicted molar refractivity (Wildman–Crippen MR) is 109 cm³/mol. The van der Waals surface area contributed by atoms with E-state index in [1.54, 1.807) is 6.20 Å². The summed E-state index contributed by atoms with van der Waals surface area (Å²) in [6, 6.07) is 9.73. The van der Waals surface area contributed by atoms with Crippen LogP contribution >= 0.6 is 11.6 Å². The Morgan fingerprint density at radius 1 is 1.32 bits per heavy atom. The van der Waals surface area contributed by atoms with Crippen LogP contribution in [0.3, 0.4) is 0 Å². The molecule has 1 aliphatic rings. The molecule has 1 aliphatic heterocycles. The summed E-state index contributed by atoms with van der Waals surface area (Å²) in [5.74, 6) is -0.0111. The van der Waals surface area contributed by atoms with Crippen LogP contribution in [0, 0.1) is 0 Å². The minimum absolute atomic E-state index is 0.0111. The first-order valence-electron chi connectivity index (χ1n) is 9.44. The molecular formula is C21H23ClN4O2. The number of carbonyl (C=O) groups is 1. The van der Waals surface area contributed by atoms with Gasteiger partial charge in [-0.25, -0.2) is 0 Å². The van der Waals surface area contributed by atoms with Gasteiger partial charge in [0, 0.05) is 54.2 Å². The highest BCUT2D eigenvalue weighted by molar-refractivity contribution is 6.31. The number of H-pyrrole nitrogens is 1. The second-order valence-corrected chi connectivity index (χ2v) is 7.37. The van der Waals surface area contributed by atoms with Gasteiger partial charge < -0.3 is 15.0 Å². The topological polar surface area (TPSA) is 70.2 Å². The lowest BCUT2D eigenvalue weighted by Gasteiger charge is -2.34. The molecule has 28 heavy (non-hydrogen) atoms. The van der Waals surface area contributed by atoms with E-state index in [4.69, 9.17) is 16.3 Å². The number of hydrogen-bond donors (Lipinski definition) is 2. The summed E-state index contributed by atoms with van der Waals surface area (Å²) in [7, 11) is 0. The Morgan fingerprint density at radius 2 is 2.18 bits per heavy atom. The zero-order chi connectivity index (χ0) is 19.3. The van der Waals surface area contributed by atoms with E-state index in [2.05, 4.69) is 26.3 Å². The molecule has 0 bridgehead atoms. The Bertz CT molecular complexity index is 938. The number of halogens is 1. The molecule has 6 nitrogen and oxygen atoms in total. The molecule has 0 spiro atoms. The van der Waals surface area contributed by atoms with Crippen LogP contribution in [0.1, 0.15) is 17.2 Å². The van der Waals surface area contributed by atoms with Gasteiger partial charge in [0.15, 0.2) is 0 Å². The van der Waals surface area contributed by atoms with Gasteiger partial charge in [-0.05, 0) is 35.4 Å². The highest BCUT2D eigenvalue weighted by Gasteiger charge is 2.23. The van der Waals surface area contributed by atoms with E-state index in [1.807, 2.05) is 36.7 Å². The molecule has 1 fully saturated rings. The molecular weight excluding hydrogens is 376 g/mol. The van der Waals surface area contributed by atoms with Crippen molar-refractivity contribution in [2.45, 2.75) is 12.5 Å². The first-order chi connectivity index (χ1) is 13.7. The van der Waals surface area contributed by atoms with Crippen molar-refractivity contribution in [3.05, 3.63) is 65.1 Å². The fourth-order valence-electron chi connectivity index (χ4n) is 3.66. The van der Waals surface area contributed by atoms with Crippen LogP contribution in [0.25, 0.3) is 10.9 Å². The van der Waals surface area contributed by atoms with Crippen LogP contribution in [-0.4, -0.2) is 53.6 Å². The number of morpholine rings is 1. The van der Waals surface area contributed by atoms with Crippen LogP contribution in [0.2, 0.25) is 5.02 Å². The van der Waals surface area contributed by atoms with E-state index in [-0.39, 0.29) is 11.9 Å². The number of nitrogens with zero attached hydrogens (tertiary/aromatic N) is 2. The summed E-state index contributed by atoms with van der Waals surface area (Å²) >= 11 is 6.10. The van der Waals surface area contributed by atoms with Crippen molar-refractivity contribution in [1.82, 2.24) is 20.2 Å². The molecule has 3 aromatic rings. The van der Waals surface area contributed by atoms with Crippen molar-refractivity contribution in [2.24, 2.45) is 0 Å². The first kappa shape index (κ1) is 18.9. The zero-order valence-electron chi connectivity index (χ0n) is 15.5. The second-order valence-electron chi connectivity index (χ2n) is 6.94. The van der Waals surface area contributed by atoms with Crippen molar-refractivity contribution >= 4 is 28.4 Å². The number of carbonyl (C=O) groups excluding carboxylic acids is 1. The highest BCUT2D eigenvalue weighted by atomic mass is 35.5. The van der Waals surface area contributed by atoms with Gasteiger partial charge >= 0.3 is 0 Å². The SMILES string of the molecule is O=C(Cc1c[nH]c2ccc(Cl)cc12)NCC(c1cccnc1)N1CCOCC1. The van der Waals surface area contributed by atoms with Gasteiger partial charge in [0.05, 0.1) is 25.7 Å². The van der Waals surface area contributed by atoms with Gasteiger partial charge in [-0.2, -0.15) is 0 Å². The first-order valence-corrected chi connectivity index (χ1v) is 9.82. The number of aromatic nitrogens is 2. The predicted octanol–water partition coefficient (Wildman–Crippen LogP) is 2.95. The number of hydrogen-bond acceptors (Lipinski definition) is 4. The molecule has 2 aromatic heterocycles. The average molecular weight is 399 g/mol. The second kappa shape index (κ2) is 8.73. The number of rotatable bonds is 6. The Kier molecular flexibility index (Phi) is 5.90. The Hall–Kier alpha value is -2.41. The molecule has 1 unspecified atom stereocenters. The molecule has 1 atom stereocenters. The lowest BCUT2D eigenvalue weighted by atomic mass is 10.1. The standard InChI is InChI=1S/C21H23ClN4O2/c22-17-3-4-19-18(11-17)16(13-24-19)10-21(27)25-14-20(15-2-1-5-23-12-15)26-6-8-28-9-7-26/h1-5,11-13,20,24H,6-10,14H2,(H,25,27). The van der Waals surface area contributed by atoms with Gasteiger partial charge in [-0.1, -0.05) is 17.7 Å². The molecule has 1 amide bonds. The quantitative estimate of drug-likeness (QED) is 0.669. The normalized spacial score (nSPS) is 16.2. The molecule has 2 N–H and O–H groups in total. The van der Waals surface area contributed by atoms with Gasteiger partial charge in [0.25, 0.3) is 0 Å².